The predicted octanol–water partition coefficient (Wildman–Crippen LogP) is 0.511. The van der Waals surface area contributed by atoms with Crippen LogP contribution in [0.1, 0.15) is 47.9 Å². The number of carbonyl (C=O) groups excluding carboxylic acids is 1. The number of urea groups is 1. The van der Waals surface area contributed by atoms with E-state index in [0.29, 0.717) is 0 Å². The molecule has 28 heavy (non-hydrogen) atoms. The molecule has 0 bridgehead atoms. The van der Waals surface area contributed by atoms with Gasteiger partial charge in [-0.05, 0) is 92.9 Å². The van der Waals surface area contributed by atoms with Crippen molar-refractivity contribution in [2.75, 3.05) is 18.9 Å². The number of nitrogens with one attached hydrogen (secondary N) is 1. The average Bonchev–Trinajstić information content (AvgIpc) is 3.32. The maximum Gasteiger partial charge on any atom is 1.00 e. The van der Waals surface area contributed by atoms with Crippen molar-refractivity contribution < 1.29 is 42.8 Å². The summed E-state index contributed by atoms with van der Waals surface area (Å²) >= 11 is 0. The van der Waals surface area contributed by atoms with Gasteiger partial charge in [0.1, 0.15) is 0 Å². The van der Waals surface area contributed by atoms with Gasteiger partial charge in [0.25, 0.3) is 0 Å². The van der Waals surface area contributed by atoms with Crippen LogP contribution in [-0.4, -0.2) is 39.0 Å². The average molecular weight is 412 g/mol. The van der Waals surface area contributed by atoms with Crippen LogP contribution >= 0.6 is 0 Å². The summed E-state index contributed by atoms with van der Waals surface area (Å²) in [5.74, 6) is 0. The molecule has 1 atom stereocenters. The summed E-state index contributed by atoms with van der Waals surface area (Å²) in [7, 11) is -1.97. The molecule has 1 aromatic carbocycles. The second-order valence-corrected chi connectivity index (χ2v) is 9.27. The van der Waals surface area contributed by atoms with Crippen LogP contribution in [-0.2, 0) is 35.7 Å². The number of amides is 2. The minimum Gasteiger partial charge on any atom is -0.423 e. The van der Waals surface area contributed by atoms with Gasteiger partial charge >= 0.3 is 29.6 Å². The molecule has 2 aliphatic carbocycles. The smallest absolute Gasteiger partial charge is 0.423 e. The van der Waals surface area contributed by atoms with Gasteiger partial charge in [-0.25, -0.2) is 8.42 Å². The van der Waals surface area contributed by atoms with Crippen LogP contribution in [0.25, 0.3) is 4.72 Å². The van der Waals surface area contributed by atoms with Gasteiger partial charge in [0.2, 0.25) is 0 Å². The largest absolute Gasteiger partial charge is 1.00 e. The van der Waals surface area contributed by atoms with E-state index in [9.17, 15) is 13.2 Å². The number of likely N-dealkylation sites (tertiary alicyclic amines) is 1. The van der Waals surface area contributed by atoms with Crippen molar-refractivity contribution in [2.24, 2.45) is 0 Å². The summed E-state index contributed by atoms with van der Waals surface area (Å²) in [6.07, 6.45) is 9.68. The number of carbonyl (C=O) groups is 1. The Morgan fingerprint density at radius 2 is 1.79 bits per heavy atom. The summed E-state index contributed by atoms with van der Waals surface area (Å²) in [5, 5.41) is 3.87. The first-order valence-electron chi connectivity index (χ1n) is 9.77. The van der Waals surface area contributed by atoms with Gasteiger partial charge in [0, 0.05) is 11.4 Å². The van der Waals surface area contributed by atoms with E-state index in [-0.39, 0.29) is 35.6 Å². The Hall–Kier alpha value is -0.860. The van der Waals surface area contributed by atoms with Crippen molar-refractivity contribution >= 4 is 21.7 Å². The van der Waals surface area contributed by atoms with E-state index in [1.165, 1.54) is 22.3 Å². The molecule has 0 saturated carbocycles. The van der Waals surface area contributed by atoms with Crippen LogP contribution < -0.4 is 34.9 Å². The summed E-state index contributed by atoms with van der Waals surface area (Å²) < 4.78 is 27.9. The topological polar surface area (TPSA) is 80.6 Å². The van der Waals surface area contributed by atoms with Crippen molar-refractivity contribution in [3.05, 3.63) is 44.5 Å². The van der Waals surface area contributed by atoms with E-state index in [1.54, 1.807) is 6.08 Å². The first-order valence-corrected chi connectivity index (χ1v) is 11.3. The number of hydrogen-bond acceptors (Lipinski definition) is 4. The molecule has 1 aromatic rings. The number of aryl methyl sites for hydroxylation is 2. The maximum absolute atomic E-state index is 12.4. The zero-order valence-corrected chi connectivity index (χ0v) is 19.5. The van der Waals surface area contributed by atoms with Gasteiger partial charge in [0.15, 0.2) is 16.1 Å². The molecule has 1 heterocycles. The molecule has 0 aromatic heterocycles. The third-order valence-electron chi connectivity index (χ3n) is 5.96. The minimum atomic E-state index is -3.93. The number of rotatable bonds is 4. The molecule has 0 radical (unpaired) electrons. The quantitative estimate of drug-likeness (QED) is 0.733. The Balaban J connectivity index is 0.00000225. The van der Waals surface area contributed by atoms with Gasteiger partial charge < -0.3 is 10.0 Å². The molecule has 3 aliphatic rings. The van der Waals surface area contributed by atoms with Crippen molar-refractivity contribution in [2.45, 2.75) is 57.4 Å². The van der Waals surface area contributed by atoms with Gasteiger partial charge in [-0.15, -0.1) is 0 Å². The summed E-state index contributed by atoms with van der Waals surface area (Å²) in [6.45, 7) is 0.955. The second kappa shape index (κ2) is 8.88. The Bertz CT molecular complexity index is 866. The maximum atomic E-state index is 12.4. The molecule has 8 heteroatoms. The van der Waals surface area contributed by atoms with Crippen molar-refractivity contribution in [1.29, 1.82) is 0 Å². The van der Waals surface area contributed by atoms with E-state index in [2.05, 4.69) is 21.0 Å². The van der Waals surface area contributed by atoms with Crippen molar-refractivity contribution in [1.82, 2.24) is 4.90 Å². The normalized spacial score (nSPS) is 21.4. The molecule has 4 rings (SSSR count). The van der Waals surface area contributed by atoms with E-state index < -0.39 is 16.1 Å². The van der Waals surface area contributed by atoms with Crippen LogP contribution in [0.2, 0.25) is 0 Å². The molecule has 1 aliphatic heterocycles. The van der Waals surface area contributed by atoms with Gasteiger partial charge in [-0.1, -0.05) is 12.1 Å². The number of nitrogens with zero attached hydrogens (tertiary/aromatic N) is 2. The van der Waals surface area contributed by atoms with Crippen molar-refractivity contribution in [3.63, 3.8) is 0 Å². The van der Waals surface area contributed by atoms with Gasteiger partial charge in [0.05, 0.1) is 0 Å². The van der Waals surface area contributed by atoms with E-state index in [0.717, 1.165) is 69.0 Å². The molecule has 146 valence electrons. The molecule has 1 N–H and O–H groups in total. The van der Waals surface area contributed by atoms with Crippen molar-refractivity contribution in [3.8, 4) is 0 Å². The Kier molecular flexibility index (Phi) is 6.92. The van der Waals surface area contributed by atoms with Crippen LogP contribution in [0, 0.1) is 0 Å². The van der Waals surface area contributed by atoms with Crippen LogP contribution in [0.3, 0.4) is 0 Å². The molecule has 0 unspecified atom stereocenters. The Labute approximate surface area is 189 Å². The molecular weight excluding hydrogens is 385 g/mol. The molecule has 1 fully saturated rings. The fourth-order valence-electron chi connectivity index (χ4n) is 4.61. The summed E-state index contributed by atoms with van der Waals surface area (Å²) in [6, 6.07) is 1.57. The summed E-state index contributed by atoms with van der Waals surface area (Å²) in [5.41, 5.74) is 5.73. The molecular formula is C20H26N3NaO3S. The standard InChI is InChI=1S/C20H27N3O3S.Na/c1-23-11-4-7-16(23)10-12-27(25,26)22-20(24)21-19-17-8-2-5-14(17)13-15-6-3-9-18(15)19;/h10,12-13,16H,2-9,11H2,1H3,(H2,21,22,24);/q;+1/p-1/b12-10+;/t16-;/m1./s1. The number of benzene rings is 1. The van der Waals surface area contributed by atoms with Crippen LogP contribution in [0.4, 0.5) is 10.5 Å². The SMILES string of the molecule is CN1CCC[C@@H]1/C=C/S(=O)(=O)[N-]C(=O)Nc1c2c(cc3c1CCC3)CCC2.[Na+]. The number of anilines is 1. The van der Waals surface area contributed by atoms with E-state index >= 15 is 0 Å². The van der Waals surface area contributed by atoms with Crippen LogP contribution in [0.5, 0.6) is 0 Å². The number of fused-ring (bicyclic) bond motifs is 2. The molecule has 1 saturated heterocycles. The zero-order valence-electron chi connectivity index (χ0n) is 16.7. The first kappa shape index (κ1) is 21.8. The Morgan fingerprint density at radius 3 is 2.36 bits per heavy atom. The fourth-order valence-corrected chi connectivity index (χ4v) is 5.33. The zero-order chi connectivity index (χ0) is 19.0. The Morgan fingerprint density at radius 1 is 1.14 bits per heavy atom. The molecule has 6 nitrogen and oxygen atoms in total. The third kappa shape index (κ3) is 4.65. The number of likely N-dealkylation sites (N-methyl/N-ethyl adjacent to an activating group) is 1. The third-order valence-corrected chi connectivity index (χ3v) is 6.89. The minimum absolute atomic E-state index is 0. The van der Waals surface area contributed by atoms with Crippen LogP contribution in [0.15, 0.2) is 17.6 Å². The van der Waals surface area contributed by atoms with E-state index in [4.69, 9.17) is 0 Å². The van der Waals surface area contributed by atoms with Gasteiger partial charge in [-0.2, -0.15) is 0 Å². The first-order chi connectivity index (χ1) is 12.9. The predicted molar refractivity (Wildman–Crippen MR) is 107 cm³/mol. The number of sulfonamides is 1. The second-order valence-electron chi connectivity index (χ2n) is 7.79. The molecule has 2 amide bonds. The van der Waals surface area contributed by atoms with E-state index in [1.807, 2.05) is 7.05 Å². The summed E-state index contributed by atoms with van der Waals surface area (Å²) in [4.78, 5) is 14.5. The molecule has 0 spiro atoms. The van der Waals surface area contributed by atoms with Gasteiger partial charge in [-0.3, -0.25) is 9.69 Å². The fraction of sp³-hybridized carbons (Fsp3) is 0.550. The monoisotopic (exact) mass is 411 g/mol. The number of hydrogen-bond donors (Lipinski definition) is 1.